The van der Waals surface area contributed by atoms with Gasteiger partial charge in [-0.1, -0.05) is 13.8 Å². The summed E-state index contributed by atoms with van der Waals surface area (Å²) < 4.78 is 5.03. The summed E-state index contributed by atoms with van der Waals surface area (Å²) >= 11 is 0. The number of aliphatic hydroxyl groups excluding tert-OH is 1. The number of carboxylic acid groups (broad SMARTS) is 1. The van der Waals surface area contributed by atoms with Gasteiger partial charge in [0.1, 0.15) is 5.60 Å². The van der Waals surface area contributed by atoms with Crippen LogP contribution < -0.4 is 5.32 Å². The number of carbonyl (C=O) groups excluding carboxylic acids is 1. The van der Waals surface area contributed by atoms with Gasteiger partial charge in [-0.25, -0.2) is 9.59 Å². The number of carbonyl (C=O) groups is 2. The van der Waals surface area contributed by atoms with E-state index in [4.69, 9.17) is 9.84 Å². The lowest BCUT2D eigenvalue weighted by Gasteiger charge is -2.26. The fraction of sp³-hybridized carbons (Fsp3) is 0.833. The Morgan fingerprint density at radius 2 is 1.78 bits per heavy atom. The maximum Gasteiger partial charge on any atom is 0.407 e. The minimum atomic E-state index is -1.64. The van der Waals surface area contributed by atoms with Crippen LogP contribution in [0.3, 0.4) is 0 Å². The molecule has 0 bridgehead atoms. The molecule has 1 unspecified atom stereocenters. The molecule has 0 aromatic carbocycles. The number of hydrogen-bond acceptors (Lipinski definition) is 4. The number of carboxylic acids is 1. The van der Waals surface area contributed by atoms with Crippen LogP contribution in [-0.4, -0.2) is 40.0 Å². The van der Waals surface area contributed by atoms with E-state index in [1.807, 2.05) is 13.8 Å². The number of ether oxygens (including phenoxy) is 1. The van der Waals surface area contributed by atoms with Crippen LogP contribution in [0.15, 0.2) is 0 Å². The molecule has 6 nitrogen and oxygen atoms in total. The summed E-state index contributed by atoms with van der Waals surface area (Å²) in [5.41, 5.74) is -0.666. The molecule has 0 aliphatic carbocycles. The Balaban J connectivity index is 4.59. The van der Waals surface area contributed by atoms with Crippen molar-refractivity contribution < 1.29 is 24.5 Å². The number of hydrogen-bond donors (Lipinski definition) is 3. The summed E-state index contributed by atoms with van der Waals surface area (Å²) in [6, 6.07) is -0.864. The van der Waals surface area contributed by atoms with E-state index in [-0.39, 0.29) is 5.92 Å². The van der Waals surface area contributed by atoms with E-state index in [1.165, 1.54) is 0 Å². The Labute approximate surface area is 107 Å². The molecular formula is C12H23NO5. The van der Waals surface area contributed by atoms with E-state index < -0.39 is 29.8 Å². The quantitative estimate of drug-likeness (QED) is 0.694. The van der Waals surface area contributed by atoms with Gasteiger partial charge in [-0.05, 0) is 33.1 Å². The average Bonchev–Trinajstić information content (AvgIpc) is 2.11. The summed E-state index contributed by atoms with van der Waals surface area (Å²) in [5, 5.41) is 20.7. The molecule has 3 N–H and O–H groups in total. The lowest BCUT2D eigenvalue weighted by atomic mass is 9.99. The highest BCUT2D eigenvalue weighted by molar-refractivity contribution is 5.75. The molecule has 0 spiro atoms. The van der Waals surface area contributed by atoms with Crippen molar-refractivity contribution in [3.8, 4) is 0 Å². The van der Waals surface area contributed by atoms with Crippen molar-refractivity contribution in [2.24, 2.45) is 5.92 Å². The van der Waals surface area contributed by atoms with Gasteiger partial charge in [0, 0.05) is 0 Å². The molecule has 0 aliphatic heterocycles. The van der Waals surface area contributed by atoms with Crippen molar-refractivity contribution in [1.82, 2.24) is 5.32 Å². The smallest absolute Gasteiger partial charge is 0.407 e. The second-order valence-electron chi connectivity index (χ2n) is 5.67. The third-order valence-corrected chi connectivity index (χ3v) is 2.06. The molecule has 0 fully saturated rings. The highest BCUT2D eigenvalue weighted by Gasteiger charge is 2.29. The van der Waals surface area contributed by atoms with E-state index in [9.17, 15) is 14.7 Å². The molecule has 2 atom stereocenters. The van der Waals surface area contributed by atoms with Crippen molar-refractivity contribution in [2.45, 2.75) is 58.8 Å². The molecule has 0 aromatic heterocycles. The van der Waals surface area contributed by atoms with E-state index in [0.29, 0.717) is 6.42 Å². The summed E-state index contributed by atoms with van der Waals surface area (Å²) in [6.45, 7) is 8.86. The van der Waals surface area contributed by atoms with Gasteiger partial charge in [0.25, 0.3) is 0 Å². The number of rotatable bonds is 5. The van der Waals surface area contributed by atoms with Gasteiger partial charge in [-0.15, -0.1) is 0 Å². The lowest BCUT2D eigenvalue weighted by molar-refractivity contribution is -0.148. The third-order valence-electron chi connectivity index (χ3n) is 2.06. The topological polar surface area (TPSA) is 95.9 Å². The molecule has 0 aliphatic rings. The Morgan fingerprint density at radius 1 is 1.28 bits per heavy atom. The average molecular weight is 261 g/mol. The van der Waals surface area contributed by atoms with E-state index >= 15 is 0 Å². The van der Waals surface area contributed by atoms with Gasteiger partial charge >= 0.3 is 12.1 Å². The largest absolute Gasteiger partial charge is 0.479 e. The summed E-state index contributed by atoms with van der Waals surface area (Å²) in [4.78, 5) is 22.3. The van der Waals surface area contributed by atoms with E-state index in [1.54, 1.807) is 20.8 Å². The predicted octanol–water partition coefficient (Wildman–Crippen LogP) is 1.37. The first-order valence-corrected chi connectivity index (χ1v) is 5.93. The molecule has 0 aromatic rings. The van der Waals surface area contributed by atoms with Crippen LogP contribution in [0.25, 0.3) is 0 Å². The Hall–Kier alpha value is -1.30. The van der Waals surface area contributed by atoms with Gasteiger partial charge in [-0.2, -0.15) is 0 Å². The van der Waals surface area contributed by atoms with Crippen molar-refractivity contribution in [3.63, 3.8) is 0 Å². The fourth-order valence-corrected chi connectivity index (χ4v) is 1.41. The molecule has 6 heteroatoms. The van der Waals surface area contributed by atoms with E-state index in [2.05, 4.69) is 5.32 Å². The number of alkyl carbamates (subject to hydrolysis) is 1. The van der Waals surface area contributed by atoms with Gasteiger partial charge in [0.05, 0.1) is 6.04 Å². The first-order valence-electron chi connectivity index (χ1n) is 5.93. The first kappa shape index (κ1) is 16.7. The molecule has 106 valence electrons. The number of aliphatic hydroxyl groups is 1. The Bertz CT molecular complexity index is 295. The Kier molecular flexibility index (Phi) is 6.11. The number of amides is 1. The van der Waals surface area contributed by atoms with Crippen molar-refractivity contribution in [2.75, 3.05) is 0 Å². The number of nitrogens with one attached hydrogen (secondary N) is 1. The maximum absolute atomic E-state index is 11.5. The van der Waals surface area contributed by atoms with E-state index in [0.717, 1.165) is 0 Å². The standard InChI is InChI=1S/C12H23NO5/c1-7(2)6-8(9(14)10(15)16)13-11(17)18-12(3,4)5/h7-9,14H,6H2,1-5H3,(H,13,17)(H,15,16)/t8?,9-/m0/s1. The SMILES string of the molecule is CC(C)CC(NC(=O)OC(C)(C)C)[C@H](O)C(=O)O. The van der Waals surface area contributed by atoms with Crippen LogP contribution in [0.2, 0.25) is 0 Å². The first-order chi connectivity index (χ1) is 8.03. The molecule has 0 saturated heterocycles. The molecule has 0 rings (SSSR count). The minimum Gasteiger partial charge on any atom is -0.479 e. The maximum atomic E-state index is 11.5. The zero-order chi connectivity index (χ0) is 14.5. The molecular weight excluding hydrogens is 238 g/mol. The molecule has 18 heavy (non-hydrogen) atoms. The highest BCUT2D eigenvalue weighted by atomic mass is 16.6. The van der Waals surface area contributed by atoms with Crippen molar-refractivity contribution in [3.05, 3.63) is 0 Å². The van der Waals surface area contributed by atoms with Crippen LogP contribution >= 0.6 is 0 Å². The third kappa shape index (κ3) is 7.11. The molecule has 1 amide bonds. The second-order valence-corrected chi connectivity index (χ2v) is 5.67. The predicted molar refractivity (Wildman–Crippen MR) is 66.3 cm³/mol. The van der Waals surface area contributed by atoms with Crippen LogP contribution in [0.5, 0.6) is 0 Å². The van der Waals surface area contributed by atoms with Crippen LogP contribution in [0.4, 0.5) is 4.79 Å². The molecule has 0 radical (unpaired) electrons. The molecule has 0 saturated carbocycles. The van der Waals surface area contributed by atoms with Crippen LogP contribution in [-0.2, 0) is 9.53 Å². The zero-order valence-electron chi connectivity index (χ0n) is 11.6. The number of aliphatic carboxylic acids is 1. The van der Waals surface area contributed by atoms with Crippen LogP contribution in [0.1, 0.15) is 41.0 Å². The van der Waals surface area contributed by atoms with Gasteiger partial charge in [-0.3, -0.25) is 0 Å². The van der Waals surface area contributed by atoms with Crippen molar-refractivity contribution in [1.29, 1.82) is 0 Å². The second kappa shape index (κ2) is 6.58. The Morgan fingerprint density at radius 3 is 2.11 bits per heavy atom. The van der Waals surface area contributed by atoms with Gasteiger partial charge in [0.2, 0.25) is 0 Å². The van der Waals surface area contributed by atoms with Crippen LogP contribution in [0, 0.1) is 5.92 Å². The highest BCUT2D eigenvalue weighted by Crippen LogP contribution is 2.11. The minimum absolute atomic E-state index is 0.138. The van der Waals surface area contributed by atoms with Gasteiger partial charge < -0.3 is 20.3 Å². The fourth-order valence-electron chi connectivity index (χ4n) is 1.41. The normalized spacial score (nSPS) is 15.1. The molecule has 0 heterocycles. The summed E-state index contributed by atoms with van der Waals surface area (Å²) in [5.74, 6) is -1.23. The summed E-state index contributed by atoms with van der Waals surface area (Å²) in [6.07, 6.45) is -2.01. The monoisotopic (exact) mass is 261 g/mol. The zero-order valence-corrected chi connectivity index (χ0v) is 11.6. The van der Waals surface area contributed by atoms with Crippen molar-refractivity contribution >= 4 is 12.1 Å². The lowest BCUT2D eigenvalue weighted by Crippen LogP contribution is -2.49. The van der Waals surface area contributed by atoms with Gasteiger partial charge in [0.15, 0.2) is 6.10 Å². The summed E-state index contributed by atoms with van der Waals surface area (Å²) in [7, 11) is 0.